The maximum atomic E-state index is 5.44. The first-order chi connectivity index (χ1) is 9.95. The maximum absolute atomic E-state index is 5.44. The topological polar surface area (TPSA) is 56.9 Å². The second-order valence-electron chi connectivity index (χ2n) is 5.70. The van der Waals surface area contributed by atoms with Crippen molar-refractivity contribution in [1.29, 1.82) is 0 Å². The van der Waals surface area contributed by atoms with Gasteiger partial charge in [0.25, 0.3) is 0 Å². The highest BCUT2D eigenvalue weighted by Gasteiger charge is 2.21. The Morgan fingerprint density at radius 2 is 2.05 bits per heavy atom. The summed E-state index contributed by atoms with van der Waals surface area (Å²) >= 11 is 0. The summed E-state index contributed by atoms with van der Waals surface area (Å²) in [5, 5.41) is 8.01. The average molecular weight is 291 g/mol. The van der Waals surface area contributed by atoms with E-state index >= 15 is 0 Å². The molecule has 2 heterocycles. The van der Waals surface area contributed by atoms with Crippen molar-refractivity contribution in [3.05, 3.63) is 29.5 Å². The van der Waals surface area contributed by atoms with E-state index in [9.17, 15) is 0 Å². The van der Waals surface area contributed by atoms with Crippen LogP contribution in [-0.4, -0.2) is 26.4 Å². The molecule has 6 heteroatoms. The lowest BCUT2D eigenvalue weighted by molar-refractivity contribution is 0.356. The van der Waals surface area contributed by atoms with Gasteiger partial charge in [0, 0.05) is 33.0 Å². The van der Waals surface area contributed by atoms with Gasteiger partial charge in [-0.3, -0.25) is 0 Å². The van der Waals surface area contributed by atoms with Gasteiger partial charge in [-0.2, -0.15) is 5.10 Å². The minimum atomic E-state index is 0.189. The number of imidazole rings is 1. The van der Waals surface area contributed by atoms with Crippen molar-refractivity contribution in [1.82, 2.24) is 24.6 Å². The van der Waals surface area contributed by atoms with Crippen LogP contribution in [0.4, 0.5) is 0 Å². The van der Waals surface area contributed by atoms with E-state index in [-0.39, 0.29) is 6.04 Å². The Labute approximate surface area is 126 Å². The molecule has 0 fully saturated rings. The van der Waals surface area contributed by atoms with Crippen LogP contribution < -0.4 is 10.1 Å². The Morgan fingerprint density at radius 3 is 2.57 bits per heavy atom. The summed E-state index contributed by atoms with van der Waals surface area (Å²) in [4.78, 5) is 4.47. The first-order valence-corrected chi connectivity index (χ1v) is 7.22. The molecule has 0 aliphatic carbocycles. The standard InChI is InChI=1S/C15H25N5O/c1-10(2)13(14-16-7-8-19(14)4)17-9-12-11(3)18-20(5)15(12)21-6/h7-8,10,13,17H,9H2,1-6H3/t13-/m1/s1. The van der Waals surface area contributed by atoms with E-state index in [0.29, 0.717) is 12.5 Å². The summed E-state index contributed by atoms with van der Waals surface area (Å²) in [7, 11) is 5.60. The van der Waals surface area contributed by atoms with Crippen molar-refractivity contribution in [3.8, 4) is 5.88 Å². The Balaban J connectivity index is 2.19. The van der Waals surface area contributed by atoms with Gasteiger partial charge >= 0.3 is 0 Å². The normalized spacial score (nSPS) is 12.9. The molecule has 2 rings (SSSR count). The number of aromatic nitrogens is 4. The van der Waals surface area contributed by atoms with Gasteiger partial charge in [0.1, 0.15) is 5.82 Å². The predicted octanol–water partition coefficient (Wildman–Crippen LogP) is 1.96. The smallest absolute Gasteiger partial charge is 0.216 e. The van der Waals surface area contributed by atoms with Crippen LogP contribution in [0.2, 0.25) is 0 Å². The van der Waals surface area contributed by atoms with Gasteiger partial charge in [-0.25, -0.2) is 9.67 Å². The fourth-order valence-electron chi connectivity index (χ4n) is 2.65. The molecule has 0 aliphatic heterocycles. The molecular formula is C15H25N5O. The van der Waals surface area contributed by atoms with Crippen LogP contribution in [0.1, 0.15) is 37.0 Å². The van der Waals surface area contributed by atoms with Gasteiger partial charge < -0.3 is 14.6 Å². The lowest BCUT2D eigenvalue weighted by atomic mass is 10.0. The highest BCUT2D eigenvalue weighted by molar-refractivity contribution is 5.30. The molecule has 0 radical (unpaired) electrons. The maximum Gasteiger partial charge on any atom is 0.216 e. The summed E-state index contributed by atoms with van der Waals surface area (Å²) in [6.07, 6.45) is 3.81. The third kappa shape index (κ3) is 3.10. The van der Waals surface area contributed by atoms with Crippen molar-refractivity contribution >= 4 is 0 Å². The number of hydrogen-bond donors (Lipinski definition) is 1. The molecule has 0 bridgehead atoms. The first-order valence-electron chi connectivity index (χ1n) is 7.22. The molecule has 2 aromatic heterocycles. The van der Waals surface area contributed by atoms with Gasteiger partial charge in [-0.1, -0.05) is 13.8 Å². The van der Waals surface area contributed by atoms with E-state index in [1.807, 2.05) is 33.4 Å². The van der Waals surface area contributed by atoms with Crippen LogP contribution in [0.3, 0.4) is 0 Å². The van der Waals surface area contributed by atoms with E-state index in [0.717, 1.165) is 23.0 Å². The molecule has 0 aromatic carbocycles. The summed E-state index contributed by atoms with van der Waals surface area (Å²) in [5.74, 6) is 2.29. The predicted molar refractivity (Wildman–Crippen MR) is 82.1 cm³/mol. The zero-order valence-electron chi connectivity index (χ0n) is 13.7. The Hall–Kier alpha value is -1.82. The van der Waals surface area contributed by atoms with E-state index in [4.69, 9.17) is 4.74 Å². The van der Waals surface area contributed by atoms with E-state index in [1.54, 1.807) is 11.8 Å². The molecule has 0 amide bonds. The Bertz CT molecular complexity index is 599. The SMILES string of the molecule is COc1c(CN[C@@H](c2nccn2C)C(C)C)c(C)nn1C. The van der Waals surface area contributed by atoms with E-state index < -0.39 is 0 Å². The summed E-state index contributed by atoms with van der Waals surface area (Å²) in [6.45, 7) is 7.10. The molecule has 21 heavy (non-hydrogen) atoms. The van der Waals surface area contributed by atoms with Crippen LogP contribution >= 0.6 is 0 Å². The lowest BCUT2D eigenvalue weighted by Gasteiger charge is -2.22. The number of hydrogen-bond acceptors (Lipinski definition) is 4. The number of nitrogens with one attached hydrogen (secondary N) is 1. The van der Waals surface area contributed by atoms with Crippen LogP contribution in [0, 0.1) is 12.8 Å². The second-order valence-corrected chi connectivity index (χ2v) is 5.70. The summed E-state index contributed by atoms with van der Waals surface area (Å²) in [6, 6.07) is 0.189. The summed E-state index contributed by atoms with van der Waals surface area (Å²) < 4.78 is 9.28. The zero-order valence-corrected chi connectivity index (χ0v) is 13.7. The largest absolute Gasteiger partial charge is 0.481 e. The average Bonchev–Trinajstić information content (AvgIpc) is 2.94. The highest BCUT2D eigenvalue weighted by Crippen LogP contribution is 2.24. The van der Waals surface area contributed by atoms with Crippen molar-refractivity contribution in [2.24, 2.45) is 20.0 Å². The minimum absolute atomic E-state index is 0.189. The number of nitrogens with zero attached hydrogens (tertiary/aromatic N) is 4. The summed E-state index contributed by atoms with van der Waals surface area (Å²) in [5.41, 5.74) is 2.09. The van der Waals surface area contributed by atoms with Gasteiger partial charge in [0.2, 0.25) is 5.88 Å². The monoisotopic (exact) mass is 291 g/mol. The molecule has 0 aliphatic rings. The van der Waals surface area contributed by atoms with Gasteiger partial charge in [0.05, 0.1) is 24.4 Å². The molecule has 6 nitrogen and oxygen atoms in total. The van der Waals surface area contributed by atoms with Crippen molar-refractivity contribution < 1.29 is 4.74 Å². The Morgan fingerprint density at radius 1 is 1.33 bits per heavy atom. The van der Waals surface area contributed by atoms with Crippen molar-refractivity contribution in [3.63, 3.8) is 0 Å². The van der Waals surface area contributed by atoms with E-state index in [1.165, 1.54) is 0 Å². The molecule has 1 atom stereocenters. The zero-order chi connectivity index (χ0) is 15.6. The third-order valence-electron chi connectivity index (χ3n) is 3.78. The number of ether oxygens (including phenoxy) is 1. The number of aryl methyl sites for hydroxylation is 3. The molecule has 116 valence electrons. The number of methoxy groups -OCH3 is 1. The Kier molecular flexibility index (Phi) is 4.67. The molecule has 1 N–H and O–H groups in total. The van der Waals surface area contributed by atoms with Gasteiger partial charge in [0.15, 0.2) is 0 Å². The second kappa shape index (κ2) is 6.30. The van der Waals surface area contributed by atoms with Crippen LogP contribution in [-0.2, 0) is 20.6 Å². The fourth-order valence-corrected chi connectivity index (χ4v) is 2.65. The van der Waals surface area contributed by atoms with Gasteiger partial charge in [-0.15, -0.1) is 0 Å². The third-order valence-corrected chi connectivity index (χ3v) is 3.78. The van der Waals surface area contributed by atoms with Gasteiger partial charge in [-0.05, 0) is 12.8 Å². The fraction of sp³-hybridized carbons (Fsp3) is 0.600. The molecule has 0 saturated heterocycles. The highest BCUT2D eigenvalue weighted by atomic mass is 16.5. The minimum Gasteiger partial charge on any atom is -0.481 e. The first kappa shape index (κ1) is 15.6. The lowest BCUT2D eigenvalue weighted by Crippen LogP contribution is -2.28. The molecular weight excluding hydrogens is 266 g/mol. The molecule has 0 spiro atoms. The van der Waals surface area contributed by atoms with Crippen LogP contribution in [0.15, 0.2) is 12.4 Å². The van der Waals surface area contributed by atoms with Crippen molar-refractivity contribution in [2.45, 2.75) is 33.4 Å². The molecule has 2 aromatic rings. The van der Waals surface area contributed by atoms with Crippen LogP contribution in [0.5, 0.6) is 5.88 Å². The molecule has 0 unspecified atom stereocenters. The number of rotatable bonds is 6. The quantitative estimate of drug-likeness (QED) is 0.884. The van der Waals surface area contributed by atoms with Crippen LogP contribution in [0.25, 0.3) is 0 Å². The molecule has 0 saturated carbocycles. The van der Waals surface area contributed by atoms with Crippen molar-refractivity contribution in [2.75, 3.05) is 7.11 Å². The van der Waals surface area contributed by atoms with E-state index in [2.05, 4.69) is 33.8 Å².